The van der Waals surface area contributed by atoms with E-state index in [2.05, 4.69) is 26.3 Å². The molecule has 0 aromatic heterocycles. The summed E-state index contributed by atoms with van der Waals surface area (Å²) in [6.07, 6.45) is 1.75. The topological polar surface area (TPSA) is 55.4 Å². The molecular formula is C17H25N2O3+. The fourth-order valence-corrected chi connectivity index (χ4v) is 2.87. The third-order valence-electron chi connectivity index (χ3n) is 5.01. The molecule has 0 bridgehead atoms. The van der Waals surface area contributed by atoms with Crippen molar-refractivity contribution in [3.8, 4) is 0 Å². The maximum atomic E-state index is 12.8. The molecule has 22 heavy (non-hydrogen) atoms. The Bertz CT molecular complexity index is 604. The fourth-order valence-electron chi connectivity index (χ4n) is 2.87. The summed E-state index contributed by atoms with van der Waals surface area (Å²) in [4.78, 5) is 24.7. The molecule has 0 spiro atoms. The number of esters is 1. The molecule has 1 aromatic rings. The largest absolute Gasteiger partial charge is 0.465 e. The number of aryl methyl sites for hydroxylation is 1. The van der Waals surface area contributed by atoms with Crippen LogP contribution in [0.1, 0.15) is 35.7 Å². The fraction of sp³-hybridized carbons (Fsp3) is 0.529. The van der Waals surface area contributed by atoms with E-state index in [4.69, 9.17) is 4.74 Å². The lowest BCUT2D eigenvalue weighted by atomic mass is 10.1. The van der Waals surface area contributed by atoms with Crippen molar-refractivity contribution in [1.82, 2.24) is 0 Å². The van der Waals surface area contributed by atoms with E-state index < -0.39 is 5.97 Å². The standard InChI is InChI=1S/C17H24N2O3/c1-6-19(3,4)17(10-11-17)16(21)18-14-12(2)8-7-9-13(14)15(20)22-5/h7-9H,6,10-11H2,1-5H3/p+1. The molecule has 120 valence electrons. The zero-order valence-corrected chi connectivity index (χ0v) is 14.0. The first-order chi connectivity index (χ1) is 10.3. The quantitative estimate of drug-likeness (QED) is 0.671. The number of benzene rings is 1. The summed E-state index contributed by atoms with van der Waals surface area (Å²) >= 11 is 0. The molecule has 0 aliphatic heterocycles. The first-order valence-electron chi connectivity index (χ1n) is 7.61. The van der Waals surface area contributed by atoms with Gasteiger partial charge in [-0.2, -0.15) is 0 Å². The predicted octanol–water partition coefficient (Wildman–Crippen LogP) is 2.35. The van der Waals surface area contributed by atoms with Crippen molar-refractivity contribution in [1.29, 1.82) is 0 Å². The van der Waals surface area contributed by atoms with E-state index in [0.717, 1.165) is 24.9 Å². The van der Waals surface area contributed by atoms with Crippen LogP contribution >= 0.6 is 0 Å². The van der Waals surface area contributed by atoms with Gasteiger partial charge in [0.1, 0.15) is 0 Å². The molecule has 1 amide bonds. The Balaban J connectivity index is 2.32. The molecule has 2 rings (SSSR count). The molecule has 5 heteroatoms. The summed E-state index contributed by atoms with van der Waals surface area (Å²) in [6.45, 7) is 4.84. The van der Waals surface area contributed by atoms with Gasteiger partial charge in [0, 0.05) is 12.8 Å². The Kier molecular flexibility index (Phi) is 4.29. The van der Waals surface area contributed by atoms with E-state index in [1.165, 1.54) is 7.11 Å². The van der Waals surface area contributed by atoms with Crippen molar-refractivity contribution >= 4 is 17.6 Å². The summed E-state index contributed by atoms with van der Waals surface area (Å²) in [5, 5.41) is 2.98. The number of hydrogen-bond acceptors (Lipinski definition) is 3. The molecule has 0 atom stereocenters. The monoisotopic (exact) mass is 305 g/mol. The van der Waals surface area contributed by atoms with Crippen molar-refractivity contribution in [2.24, 2.45) is 0 Å². The highest BCUT2D eigenvalue weighted by Gasteiger charge is 2.62. The van der Waals surface area contributed by atoms with Crippen molar-refractivity contribution in [2.75, 3.05) is 33.1 Å². The van der Waals surface area contributed by atoms with Crippen LogP contribution in [0.25, 0.3) is 0 Å². The first kappa shape index (κ1) is 16.5. The van der Waals surface area contributed by atoms with Crippen molar-refractivity contribution in [3.05, 3.63) is 29.3 Å². The zero-order valence-electron chi connectivity index (χ0n) is 14.0. The van der Waals surface area contributed by atoms with Crippen molar-refractivity contribution in [2.45, 2.75) is 32.2 Å². The van der Waals surface area contributed by atoms with Gasteiger partial charge in [-0.1, -0.05) is 12.1 Å². The average Bonchev–Trinajstić information content (AvgIpc) is 3.30. The summed E-state index contributed by atoms with van der Waals surface area (Å²) in [5.41, 5.74) is 1.42. The highest BCUT2D eigenvalue weighted by Crippen LogP contribution is 2.46. The number of methoxy groups -OCH3 is 1. The van der Waals surface area contributed by atoms with Crippen LogP contribution in [0.15, 0.2) is 18.2 Å². The Labute approximate surface area is 131 Å². The van der Waals surface area contributed by atoms with Gasteiger partial charge in [0.05, 0.1) is 39.0 Å². The van der Waals surface area contributed by atoms with Crippen LogP contribution < -0.4 is 5.32 Å². The number of ether oxygens (including phenoxy) is 1. The maximum absolute atomic E-state index is 12.8. The molecule has 1 saturated carbocycles. The number of carbonyl (C=O) groups is 2. The summed E-state index contributed by atoms with van der Waals surface area (Å²) in [5.74, 6) is -0.452. The van der Waals surface area contributed by atoms with E-state index >= 15 is 0 Å². The van der Waals surface area contributed by atoms with Gasteiger partial charge in [-0.05, 0) is 25.5 Å². The number of anilines is 1. The highest BCUT2D eigenvalue weighted by atomic mass is 16.5. The van der Waals surface area contributed by atoms with Gasteiger partial charge >= 0.3 is 5.97 Å². The zero-order chi connectivity index (χ0) is 16.5. The van der Waals surface area contributed by atoms with Gasteiger partial charge in [-0.25, -0.2) is 4.79 Å². The molecule has 0 radical (unpaired) electrons. The van der Waals surface area contributed by atoms with Gasteiger partial charge in [0.15, 0.2) is 5.54 Å². The van der Waals surface area contributed by atoms with Crippen LogP contribution in [0.5, 0.6) is 0 Å². The minimum atomic E-state index is -0.437. The van der Waals surface area contributed by atoms with E-state index in [0.29, 0.717) is 15.7 Å². The molecule has 0 unspecified atom stereocenters. The first-order valence-corrected chi connectivity index (χ1v) is 7.61. The van der Waals surface area contributed by atoms with Crippen LogP contribution in [-0.4, -0.2) is 49.6 Å². The Morgan fingerprint density at radius 1 is 1.32 bits per heavy atom. The lowest BCUT2D eigenvalue weighted by Gasteiger charge is -2.36. The van der Waals surface area contributed by atoms with Crippen LogP contribution in [0.3, 0.4) is 0 Å². The number of hydrogen-bond donors (Lipinski definition) is 1. The minimum Gasteiger partial charge on any atom is -0.465 e. The van der Waals surface area contributed by atoms with Crippen molar-refractivity contribution < 1.29 is 18.8 Å². The Morgan fingerprint density at radius 2 is 1.95 bits per heavy atom. The van der Waals surface area contributed by atoms with Gasteiger partial charge in [-0.15, -0.1) is 0 Å². The summed E-state index contributed by atoms with van der Waals surface area (Å²) < 4.78 is 5.46. The van der Waals surface area contributed by atoms with E-state index in [1.54, 1.807) is 12.1 Å². The lowest BCUT2D eigenvalue weighted by molar-refractivity contribution is -0.914. The van der Waals surface area contributed by atoms with Crippen LogP contribution in [-0.2, 0) is 9.53 Å². The molecule has 1 aliphatic rings. The van der Waals surface area contributed by atoms with Crippen LogP contribution in [0.4, 0.5) is 5.69 Å². The number of nitrogens with zero attached hydrogens (tertiary/aromatic N) is 1. The van der Waals surface area contributed by atoms with Gasteiger partial charge in [0.25, 0.3) is 5.91 Å². The molecule has 5 nitrogen and oxygen atoms in total. The maximum Gasteiger partial charge on any atom is 0.339 e. The predicted molar refractivity (Wildman–Crippen MR) is 85.8 cm³/mol. The normalized spacial score (nSPS) is 16.0. The molecule has 1 fully saturated rings. The lowest BCUT2D eigenvalue weighted by Crippen LogP contribution is -2.56. The molecule has 0 heterocycles. The van der Waals surface area contributed by atoms with Gasteiger partial charge < -0.3 is 14.5 Å². The SMILES string of the molecule is CC[N+](C)(C)C1(C(=O)Nc2c(C)cccc2C(=O)OC)CC1. The van der Waals surface area contributed by atoms with E-state index in [9.17, 15) is 9.59 Å². The number of likely N-dealkylation sites (N-methyl/N-ethyl adjacent to an activating group) is 1. The molecule has 1 aliphatic carbocycles. The number of quaternary nitrogens is 1. The third-order valence-corrected chi connectivity index (χ3v) is 5.01. The van der Waals surface area contributed by atoms with Gasteiger partial charge in [0.2, 0.25) is 0 Å². The Hall–Kier alpha value is -1.88. The minimum absolute atomic E-state index is 0.0150. The molecular weight excluding hydrogens is 280 g/mol. The average molecular weight is 305 g/mol. The van der Waals surface area contributed by atoms with Crippen LogP contribution in [0, 0.1) is 6.92 Å². The Morgan fingerprint density at radius 3 is 2.45 bits per heavy atom. The summed E-state index contributed by atoms with van der Waals surface area (Å²) in [6, 6.07) is 5.34. The summed E-state index contributed by atoms with van der Waals surface area (Å²) in [7, 11) is 5.49. The van der Waals surface area contributed by atoms with E-state index in [1.807, 2.05) is 13.0 Å². The van der Waals surface area contributed by atoms with Gasteiger partial charge in [-0.3, -0.25) is 4.79 Å². The molecule has 0 saturated heterocycles. The smallest absolute Gasteiger partial charge is 0.339 e. The van der Waals surface area contributed by atoms with Crippen molar-refractivity contribution in [3.63, 3.8) is 0 Å². The second-order valence-electron chi connectivity index (χ2n) is 6.48. The second-order valence-corrected chi connectivity index (χ2v) is 6.48. The molecule has 1 N–H and O–H groups in total. The van der Waals surface area contributed by atoms with E-state index in [-0.39, 0.29) is 11.4 Å². The second kappa shape index (κ2) is 5.72. The number of amides is 1. The third kappa shape index (κ3) is 2.61. The number of rotatable bonds is 5. The number of carbonyl (C=O) groups excluding carboxylic acids is 2. The van der Waals surface area contributed by atoms with Crippen LogP contribution in [0.2, 0.25) is 0 Å². The number of nitrogens with one attached hydrogen (secondary N) is 1. The number of para-hydroxylation sites is 1. The molecule has 1 aromatic carbocycles. The highest BCUT2D eigenvalue weighted by molar-refractivity contribution is 6.05.